The molecule has 2 aromatic heterocycles. The molecule has 0 N–H and O–H groups in total. The number of benzene rings is 1. The lowest BCUT2D eigenvalue weighted by molar-refractivity contribution is -0.118. The Labute approximate surface area is 154 Å². The standard InChI is InChI=1S/C19H17N3OS2/c23-18(22-10-5-11-24-17-8-2-1-7-16(17)22)12-14-13-25-19(21-14)15-6-3-4-9-20-15/h1-4,6-9,13H,5,10-12H2. The van der Waals surface area contributed by atoms with Crippen molar-refractivity contribution in [2.24, 2.45) is 0 Å². The molecule has 1 amide bonds. The molecule has 3 aromatic rings. The number of thioether (sulfide) groups is 1. The van der Waals surface area contributed by atoms with Crippen LogP contribution in [-0.2, 0) is 11.2 Å². The summed E-state index contributed by atoms with van der Waals surface area (Å²) in [4.78, 5) is 24.9. The molecule has 3 heterocycles. The van der Waals surface area contributed by atoms with E-state index >= 15 is 0 Å². The van der Waals surface area contributed by atoms with Crippen molar-refractivity contribution in [1.29, 1.82) is 0 Å². The van der Waals surface area contributed by atoms with Crippen LogP contribution in [0.2, 0.25) is 0 Å². The Balaban J connectivity index is 1.54. The minimum atomic E-state index is 0.104. The first kappa shape index (κ1) is 16.3. The Morgan fingerprint density at radius 3 is 2.92 bits per heavy atom. The highest BCUT2D eigenvalue weighted by Crippen LogP contribution is 2.34. The van der Waals surface area contributed by atoms with Gasteiger partial charge in [0.15, 0.2) is 0 Å². The zero-order valence-corrected chi connectivity index (χ0v) is 15.2. The van der Waals surface area contributed by atoms with Crippen molar-refractivity contribution in [1.82, 2.24) is 9.97 Å². The van der Waals surface area contributed by atoms with Gasteiger partial charge in [-0.3, -0.25) is 9.78 Å². The van der Waals surface area contributed by atoms with Crippen LogP contribution in [0, 0.1) is 0 Å². The number of aromatic nitrogens is 2. The fraction of sp³-hybridized carbons (Fsp3) is 0.211. The molecule has 1 aliphatic heterocycles. The zero-order valence-electron chi connectivity index (χ0n) is 13.6. The number of hydrogen-bond donors (Lipinski definition) is 0. The van der Waals surface area contributed by atoms with E-state index in [9.17, 15) is 4.79 Å². The molecule has 0 bridgehead atoms. The van der Waals surface area contributed by atoms with Gasteiger partial charge in [0.05, 0.1) is 23.5 Å². The van der Waals surface area contributed by atoms with E-state index in [4.69, 9.17) is 0 Å². The van der Waals surface area contributed by atoms with Gasteiger partial charge in [-0.1, -0.05) is 18.2 Å². The summed E-state index contributed by atoms with van der Waals surface area (Å²) >= 11 is 3.36. The molecule has 6 heteroatoms. The molecule has 0 radical (unpaired) electrons. The minimum Gasteiger partial charge on any atom is -0.311 e. The Kier molecular flexibility index (Phi) is 4.81. The van der Waals surface area contributed by atoms with Gasteiger partial charge in [0.1, 0.15) is 5.01 Å². The monoisotopic (exact) mass is 367 g/mol. The number of para-hydroxylation sites is 1. The molecule has 4 nitrogen and oxygen atoms in total. The van der Waals surface area contributed by atoms with Gasteiger partial charge in [-0.25, -0.2) is 4.98 Å². The Bertz CT molecular complexity index is 879. The summed E-state index contributed by atoms with van der Waals surface area (Å²) in [6.45, 7) is 0.764. The zero-order chi connectivity index (χ0) is 17.1. The summed E-state index contributed by atoms with van der Waals surface area (Å²) in [7, 11) is 0. The molecule has 4 rings (SSSR count). The van der Waals surface area contributed by atoms with Gasteiger partial charge in [-0.2, -0.15) is 0 Å². The molecular weight excluding hydrogens is 350 g/mol. The van der Waals surface area contributed by atoms with Crippen LogP contribution in [0.25, 0.3) is 10.7 Å². The van der Waals surface area contributed by atoms with Crippen LogP contribution in [0.15, 0.2) is 58.9 Å². The molecular formula is C19H17N3OS2. The number of hydrogen-bond acceptors (Lipinski definition) is 5. The molecule has 126 valence electrons. The van der Waals surface area contributed by atoms with Crippen molar-refractivity contribution in [2.45, 2.75) is 17.7 Å². The van der Waals surface area contributed by atoms with Gasteiger partial charge in [-0.05, 0) is 36.4 Å². The molecule has 1 aromatic carbocycles. The smallest absolute Gasteiger partial charge is 0.233 e. The maximum atomic E-state index is 12.9. The summed E-state index contributed by atoms with van der Waals surface area (Å²) in [5.41, 5.74) is 2.68. The van der Waals surface area contributed by atoms with E-state index in [1.807, 2.05) is 58.4 Å². The van der Waals surface area contributed by atoms with Gasteiger partial charge in [0.2, 0.25) is 5.91 Å². The highest BCUT2D eigenvalue weighted by molar-refractivity contribution is 7.99. The molecule has 1 aliphatic rings. The van der Waals surface area contributed by atoms with Crippen molar-refractivity contribution in [3.8, 4) is 10.7 Å². The first-order valence-electron chi connectivity index (χ1n) is 8.19. The summed E-state index contributed by atoms with van der Waals surface area (Å²) in [6, 6.07) is 13.9. The first-order chi connectivity index (χ1) is 12.3. The Morgan fingerprint density at radius 1 is 1.16 bits per heavy atom. The minimum absolute atomic E-state index is 0.104. The van der Waals surface area contributed by atoms with E-state index in [0.717, 1.165) is 40.8 Å². The quantitative estimate of drug-likeness (QED) is 0.693. The lowest BCUT2D eigenvalue weighted by atomic mass is 10.2. The number of amides is 1. The third-order valence-electron chi connectivity index (χ3n) is 4.01. The van der Waals surface area contributed by atoms with Crippen LogP contribution in [0.1, 0.15) is 12.1 Å². The van der Waals surface area contributed by atoms with Gasteiger partial charge in [0, 0.05) is 23.0 Å². The average molecular weight is 367 g/mol. The maximum Gasteiger partial charge on any atom is 0.233 e. The van der Waals surface area contributed by atoms with Crippen LogP contribution in [-0.4, -0.2) is 28.2 Å². The van der Waals surface area contributed by atoms with Crippen LogP contribution in [0.4, 0.5) is 5.69 Å². The summed E-state index contributed by atoms with van der Waals surface area (Å²) in [5.74, 6) is 1.15. The highest BCUT2D eigenvalue weighted by Gasteiger charge is 2.22. The van der Waals surface area contributed by atoms with Crippen LogP contribution < -0.4 is 4.90 Å². The number of nitrogens with zero attached hydrogens (tertiary/aromatic N) is 3. The fourth-order valence-electron chi connectivity index (χ4n) is 2.83. The molecule has 25 heavy (non-hydrogen) atoms. The lowest BCUT2D eigenvalue weighted by Gasteiger charge is -2.22. The molecule has 0 saturated heterocycles. The largest absolute Gasteiger partial charge is 0.311 e. The number of thiazole rings is 1. The second-order valence-corrected chi connectivity index (χ2v) is 7.75. The van der Waals surface area contributed by atoms with E-state index in [2.05, 4.69) is 16.0 Å². The van der Waals surface area contributed by atoms with Gasteiger partial charge in [-0.15, -0.1) is 23.1 Å². The maximum absolute atomic E-state index is 12.9. The summed E-state index contributed by atoms with van der Waals surface area (Å²) in [6.07, 6.45) is 3.08. The van der Waals surface area contributed by atoms with Crippen molar-refractivity contribution >= 4 is 34.7 Å². The number of rotatable bonds is 3. The van der Waals surface area contributed by atoms with Gasteiger partial charge >= 0.3 is 0 Å². The average Bonchev–Trinajstić information content (AvgIpc) is 3.00. The molecule has 0 saturated carbocycles. The van der Waals surface area contributed by atoms with Crippen molar-refractivity contribution in [2.75, 3.05) is 17.2 Å². The number of fused-ring (bicyclic) bond motifs is 1. The highest BCUT2D eigenvalue weighted by atomic mass is 32.2. The van der Waals surface area contributed by atoms with E-state index in [1.54, 1.807) is 6.20 Å². The SMILES string of the molecule is O=C(Cc1csc(-c2ccccn2)n1)N1CCCSc2ccccc21. The van der Waals surface area contributed by atoms with Crippen LogP contribution in [0.3, 0.4) is 0 Å². The van der Waals surface area contributed by atoms with Crippen molar-refractivity contribution < 1.29 is 4.79 Å². The molecule has 0 unspecified atom stereocenters. The third kappa shape index (κ3) is 3.60. The summed E-state index contributed by atoms with van der Waals surface area (Å²) in [5, 5.41) is 2.82. The normalized spacial score (nSPS) is 14.0. The van der Waals surface area contributed by atoms with Gasteiger partial charge in [0.25, 0.3) is 0 Å². The van der Waals surface area contributed by atoms with E-state index in [-0.39, 0.29) is 5.91 Å². The predicted octanol–water partition coefficient (Wildman–Crippen LogP) is 4.28. The lowest BCUT2D eigenvalue weighted by Crippen LogP contribution is -2.33. The van der Waals surface area contributed by atoms with Crippen molar-refractivity contribution in [3.63, 3.8) is 0 Å². The molecule has 0 fully saturated rings. The van der Waals surface area contributed by atoms with Gasteiger partial charge < -0.3 is 4.90 Å². The Morgan fingerprint density at radius 2 is 2.04 bits per heavy atom. The number of carbonyl (C=O) groups excluding carboxylic acids is 1. The fourth-order valence-corrected chi connectivity index (χ4v) is 4.62. The van der Waals surface area contributed by atoms with Crippen molar-refractivity contribution in [3.05, 3.63) is 59.7 Å². The van der Waals surface area contributed by atoms with E-state index in [1.165, 1.54) is 16.2 Å². The van der Waals surface area contributed by atoms with Crippen LogP contribution in [0.5, 0.6) is 0 Å². The summed E-state index contributed by atoms with van der Waals surface area (Å²) < 4.78 is 0. The molecule has 0 spiro atoms. The van der Waals surface area contributed by atoms with E-state index < -0.39 is 0 Å². The first-order valence-corrected chi connectivity index (χ1v) is 10.1. The Hall–Kier alpha value is -2.18. The second kappa shape index (κ2) is 7.37. The van der Waals surface area contributed by atoms with E-state index in [0.29, 0.717) is 6.42 Å². The van der Waals surface area contributed by atoms with Crippen LogP contribution >= 0.6 is 23.1 Å². The molecule has 0 atom stereocenters. The molecule has 0 aliphatic carbocycles. The predicted molar refractivity (Wildman–Crippen MR) is 103 cm³/mol. The second-order valence-electron chi connectivity index (χ2n) is 5.75. The topological polar surface area (TPSA) is 46.1 Å². The number of carbonyl (C=O) groups is 1. The number of anilines is 1. The third-order valence-corrected chi connectivity index (χ3v) is 6.07. The number of pyridine rings is 1.